The molecule has 6 heteroatoms. The second kappa shape index (κ2) is 9.67. The minimum absolute atomic E-state index is 0.0304. The molecule has 0 bridgehead atoms. The monoisotopic (exact) mass is 379 g/mol. The van der Waals surface area contributed by atoms with Crippen molar-refractivity contribution >= 4 is 0 Å². The summed E-state index contributed by atoms with van der Waals surface area (Å²) < 4.78 is 40.1. The van der Waals surface area contributed by atoms with Crippen LogP contribution in [0.15, 0.2) is 42.5 Å². The Balaban J connectivity index is 1.90. The summed E-state index contributed by atoms with van der Waals surface area (Å²) in [6.45, 7) is 5.05. The molecule has 0 unspecified atom stereocenters. The van der Waals surface area contributed by atoms with Crippen LogP contribution in [0.25, 0.3) is 0 Å². The van der Waals surface area contributed by atoms with Gasteiger partial charge in [0, 0.05) is 13.1 Å². The molecule has 0 aliphatic carbocycles. The molecule has 0 atom stereocenters. The van der Waals surface area contributed by atoms with Gasteiger partial charge in [0.15, 0.2) is 11.5 Å². The predicted molar refractivity (Wildman–Crippen MR) is 101 cm³/mol. The van der Waals surface area contributed by atoms with E-state index in [9.17, 15) is 8.78 Å². The van der Waals surface area contributed by atoms with Gasteiger partial charge in [-0.3, -0.25) is 0 Å². The lowest BCUT2D eigenvalue weighted by molar-refractivity contribution is -0.0512. The Morgan fingerprint density at radius 2 is 1.59 bits per heavy atom. The van der Waals surface area contributed by atoms with E-state index in [1.165, 1.54) is 13.2 Å². The van der Waals surface area contributed by atoms with Crippen LogP contribution in [-0.2, 0) is 24.4 Å². The summed E-state index contributed by atoms with van der Waals surface area (Å²) in [6, 6.07) is 13.1. The van der Waals surface area contributed by atoms with E-state index >= 15 is 0 Å². The number of rotatable bonds is 9. The van der Waals surface area contributed by atoms with Crippen molar-refractivity contribution in [1.29, 1.82) is 0 Å². The van der Waals surface area contributed by atoms with Gasteiger partial charge in [-0.2, -0.15) is 8.78 Å². The first-order valence-corrected chi connectivity index (χ1v) is 8.81. The molecular weight excluding hydrogens is 352 g/mol. The van der Waals surface area contributed by atoms with Crippen molar-refractivity contribution in [3.8, 4) is 11.5 Å². The van der Waals surface area contributed by atoms with Gasteiger partial charge in [-0.05, 0) is 49.6 Å². The standard InChI is InChI=1S/C21H27F2NO3/c1-21(2,3)26-14-17-7-5-6-15(10-17)12-24-13-16-8-9-18(27-20(22)23)19(11-16)25-4/h5-11,20,24H,12-14H2,1-4H3. The Morgan fingerprint density at radius 3 is 2.22 bits per heavy atom. The summed E-state index contributed by atoms with van der Waals surface area (Å²) in [6.07, 6.45) is 0. The Hall–Kier alpha value is -2.18. The molecule has 148 valence electrons. The van der Waals surface area contributed by atoms with E-state index in [4.69, 9.17) is 9.47 Å². The van der Waals surface area contributed by atoms with E-state index < -0.39 is 6.61 Å². The number of nitrogens with one attached hydrogen (secondary N) is 1. The molecule has 0 aliphatic rings. The van der Waals surface area contributed by atoms with Crippen molar-refractivity contribution < 1.29 is 23.0 Å². The van der Waals surface area contributed by atoms with Crippen LogP contribution >= 0.6 is 0 Å². The van der Waals surface area contributed by atoms with Gasteiger partial charge in [-0.1, -0.05) is 30.3 Å². The first-order valence-electron chi connectivity index (χ1n) is 8.81. The lowest BCUT2D eigenvalue weighted by atomic mass is 10.1. The van der Waals surface area contributed by atoms with Crippen LogP contribution in [0.3, 0.4) is 0 Å². The highest BCUT2D eigenvalue weighted by molar-refractivity contribution is 5.43. The van der Waals surface area contributed by atoms with Crippen LogP contribution < -0.4 is 14.8 Å². The van der Waals surface area contributed by atoms with E-state index in [0.29, 0.717) is 19.7 Å². The van der Waals surface area contributed by atoms with E-state index in [1.54, 1.807) is 12.1 Å². The normalized spacial score (nSPS) is 11.7. The molecule has 0 saturated heterocycles. The highest BCUT2D eigenvalue weighted by Gasteiger charge is 2.11. The average Bonchev–Trinajstić information content (AvgIpc) is 2.60. The second-order valence-corrected chi connectivity index (χ2v) is 7.19. The quantitative estimate of drug-likeness (QED) is 0.673. The van der Waals surface area contributed by atoms with E-state index in [1.807, 2.05) is 39.0 Å². The molecule has 27 heavy (non-hydrogen) atoms. The average molecular weight is 379 g/mol. The molecule has 2 rings (SSSR count). The van der Waals surface area contributed by atoms with E-state index in [0.717, 1.165) is 16.7 Å². The first kappa shape index (κ1) is 21.1. The Kier molecular flexibility index (Phi) is 7.56. The number of benzene rings is 2. The number of alkyl halides is 2. The van der Waals surface area contributed by atoms with Gasteiger partial charge in [-0.15, -0.1) is 0 Å². The lowest BCUT2D eigenvalue weighted by Crippen LogP contribution is -2.18. The van der Waals surface area contributed by atoms with Gasteiger partial charge in [0.1, 0.15) is 0 Å². The van der Waals surface area contributed by atoms with Gasteiger partial charge < -0.3 is 19.5 Å². The van der Waals surface area contributed by atoms with E-state index in [2.05, 4.69) is 16.1 Å². The molecule has 0 aliphatic heterocycles. The number of ether oxygens (including phenoxy) is 3. The molecule has 0 spiro atoms. The summed E-state index contributed by atoms with van der Waals surface area (Å²) in [5, 5.41) is 3.34. The SMILES string of the molecule is COc1cc(CNCc2cccc(COC(C)(C)C)c2)ccc1OC(F)F. The Morgan fingerprint density at radius 1 is 0.926 bits per heavy atom. The zero-order valence-corrected chi connectivity index (χ0v) is 16.2. The molecule has 2 aromatic rings. The van der Waals surface area contributed by atoms with E-state index in [-0.39, 0.29) is 17.1 Å². The van der Waals surface area contributed by atoms with Gasteiger partial charge in [0.05, 0.1) is 19.3 Å². The largest absolute Gasteiger partial charge is 0.493 e. The van der Waals surface area contributed by atoms with Crippen molar-refractivity contribution in [2.24, 2.45) is 0 Å². The van der Waals surface area contributed by atoms with Gasteiger partial charge in [-0.25, -0.2) is 0 Å². The molecule has 0 aromatic heterocycles. The summed E-state index contributed by atoms with van der Waals surface area (Å²) in [5.41, 5.74) is 3.02. The molecule has 0 fully saturated rings. The van der Waals surface area contributed by atoms with Crippen LogP contribution in [-0.4, -0.2) is 19.3 Å². The maximum absolute atomic E-state index is 12.4. The van der Waals surface area contributed by atoms with Gasteiger partial charge in [0.25, 0.3) is 0 Å². The Labute approximate surface area is 159 Å². The maximum atomic E-state index is 12.4. The van der Waals surface area contributed by atoms with Crippen molar-refractivity contribution in [2.75, 3.05) is 7.11 Å². The fourth-order valence-electron chi connectivity index (χ4n) is 2.50. The molecule has 1 N–H and O–H groups in total. The summed E-state index contributed by atoms with van der Waals surface area (Å²) in [5.74, 6) is 0.318. The number of hydrogen-bond acceptors (Lipinski definition) is 4. The van der Waals surface area contributed by atoms with Crippen LogP contribution in [0, 0.1) is 0 Å². The Bertz CT molecular complexity index is 730. The molecule has 2 aromatic carbocycles. The fraction of sp³-hybridized carbons (Fsp3) is 0.429. The molecule has 0 radical (unpaired) electrons. The number of methoxy groups -OCH3 is 1. The zero-order valence-electron chi connectivity index (χ0n) is 16.2. The molecule has 0 saturated carbocycles. The minimum Gasteiger partial charge on any atom is -0.493 e. The first-order chi connectivity index (χ1) is 12.8. The van der Waals surface area contributed by atoms with Crippen LogP contribution in [0.1, 0.15) is 37.5 Å². The summed E-state index contributed by atoms with van der Waals surface area (Å²) in [4.78, 5) is 0. The smallest absolute Gasteiger partial charge is 0.387 e. The maximum Gasteiger partial charge on any atom is 0.387 e. The third-order valence-electron chi connectivity index (χ3n) is 3.77. The van der Waals surface area contributed by atoms with Gasteiger partial charge in [0.2, 0.25) is 0 Å². The summed E-state index contributed by atoms with van der Waals surface area (Å²) >= 11 is 0. The molecule has 0 amide bonds. The van der Waals surface area contributed by atoms with Crippen molar-refractivity contribution in [3.63, 3.8) is 0 Å². The van der Waals surface area contributed by atoms with Crippen molar-refractivity contribution in [1.82, 2.24) is 5.32 Å². The third-order valence-corrected chi connectivity index (χ3v) is 3.77. The van der Waals surface area contributed by atoms with Crippen LogP contribution in [0.2, 0.25) is 0 Å². The van der Waals surface area contributed by atoms with Crippen molar-refractivity contribution in [3.05, 3.63) is 59.2 Å². The number of hydrogen-bond donors (Lipinski definition) is 1. The predicted octanol–water partition coefficient (Wildman–Crippen LogP) is 4.90. The topological polar surface area (TPSA) is 39.7 Å². The second-order valence-electron chi connectivity index (χ2n) is 7.19. The fourth-order valence-corrected chi connectivity index (χ4v) is 2.50. The van der Waals surface area contributed by atoms with Crippen LogP contribution in [0.4, 0.5) is 8.78 Å². The highest BCUT2D eigenvalue weighted by atomic mass is 19.3. The molecule has 0 heterocycles. The third kappa shape index (κ3) is 7.53. The summed E-state index contributed by atoms with van der Waals surface area (Å²) in [7, 11) is 1.43. The van der Waals surface area contributed by atoms with Crippen LogP contribution in [0.5, 0.6) is 11.5 Å². The minimum atomic E-state index is -2.88. The molecule has 4 nitrogen and oxygen atoms in total. The zero-order chi connectivity index (χ0) is 19.9. The van der Waals surface area contributed by atoms with Crippen molar-refractivity contribution in [2.45, 2.75) is 52.7 Å². The van der Waals surface area contributed by atoms with Gasteiger partial charge >= 0.3 is 6.61 Å². The number of halogens is 2. The highest BCUT2D eigenvalue weighted by Crippen LogP contribution is 2.29. The molecular formula is C21H27F2NO3. The lowest BCUT2D eigenvalue weighted by Gasteiger charge is -2.19.